The van der Waals surface area contributed by atoms with Crippen LogP contribution in [0.15, 0.2) is 60.7 Å². The van der Waals surface area contributed by atoms with Gasteiger partial charge in [0.15, 0.2) is 0 Å². The van der Waals surface area contributed by atoms with Gasteiger partial charge in [0.1, 0.15) is 5.75 Å². The zero-order valence-corrected chi connectivity index (χ0v) is 13.4. The highest BCUT2D eigenvalue weighted by Gasteiger charge is 2.08. The average Bonchev–Trinajstić information content (AvgIpc) is 2.60. The van der Waals surface area contributed by atoms with E-state index in [2.05, 4.69) is 10.6 Å². The minimum atomic E-state index is -1.22. The standard InChI is InChI=1S/C18H16N2O5/c1-25-15-7-3-6-14(11-15)20-18(24)12-4-2-5-13(10-12)19-16(21)8-9-17(22)23/h2-11H,1H3,(H,19,21)(H,20,24)(H,22,23)/b9-8-. The maximum atomic E-state index is 12.3. The van der Waals surface area contributed by atoms with Gasteiger partial charge in [-0.1, -0.05) is 12.1 Å². The van der Waals surface area contributed by atoms with Crippen molar-refractivity contribution in [2.45, 2.75) is 0 Å². The maximum Gasteiger partial charge on any atom is 0.328 e. The third-order valence-corrected chi connectivity index (χ3v) is 3.10. The summed E-state index contributed by atoms with van der Waals surface area (Å²) >= 11 is 0. The number of carboxylic acid groups (broad SMARTS) is 1. The van der Waals surface area contributed by atoms with Crippen molar-refractivity contribution in [3.05, 3.63) is 66.2 Å². The second-order valence-electron chi connectivity index (χ2n) is 4.93. The van der Waals surface area contributed by atoms with E-state index in [4.69, 9.17) is 9.84 Å². The number of nitrogens with one attached hydrogen (secondary N) is 2. The lowest BCUT2D eigenvalue weighted by atomic mass is 10.1. The molecule has 2 rings (SSSR count). The van der Waals surface area contributed by atoms with Crippen LogP contribution in [-0.2, 0) is 9.59 Å². The number of benzene rings is 2. The van der Waals surface area contributed by atoms with Gasteiger partial charge in [0.2, 0.25) is 5.91 Å². The van der Waals surface area contributed by atoms with Gasteiger partial charge in [-0.05, 0) is 30.3 Å². The molecule has 0 aliphatic heterocycles. The molecule has 128 valence electrons. The molecule has 7 nitrogen and oxygen atoms in total. The quantitative estimate of drug-likeness (QED) is 0.701. The molecule has 0 saturated carbocycles. The topological polar surface area (TPSA) is 105 Å². The van der Waals surface area contributed by atoms with Crippen LogP contribution >= 0.6 is 0 Å². The van der Waals surface area contributed by atoms with Crippen molar-refractivity contribution >= 4 is 29.2 Å². The monoisotopic (exact) mass is 340 g/mol. The van der Waals surface area contributed by atoms with Crippen LogP contribution < -0.4 is 15.4 Å². The fourth-order valence-electron chi connectivity index (χ4n) is 1.97. The smallest absolute Gasteiger partial charge is 0.328 e. The SMILES string of the molecule is COc1cccc(NC(=O)c2cccc(NC(=O)/C=C\C(=O)O)c2)c1. The van der Waals surface area contributed by atoms with E-state index in [0.717, 1.165) is 12.2 Å². The molecule has 25 heavy (non-hydrogen) atoms. The Kier molecular flexibility index (Phi) is 5.89. The van der Waals surface area contributed by atoms with Crippen LogP contribution in [0.3, 0.4) is 0 Å². The third kappa shape index (κ3) is 5.51. The number of anilines is 2. The minimum absolute atomic E-state index is 0.336. The van der Waals surface area contributed by atoms with E-state index in [1.165, 1.54) is 13.2 Å². The van der Waals surface area contributed by atoms with Crippen LogP contribution in [0.25, 0.3) is 0 Å². The first-order valence-corrected chi connectivity index (χ1v) is 7.25. The van der Waals surface area contributed by atoms with Gasteiger partial charge in [-0.25, -0.2) is 4.79 Å². The summed E-state index contributed by atoms with van der Waals surface area (Å²) in [6, 6.07) is 13.2. The number of methoxy groups -OCH3 is 1. The van der Waals surface area contributed by atoms with Gasteiger partial charge in [0.05, 0.1) is 7.11 Å². The zero-order valence-electron chi connectivity index (χ0n) is 13.4. The molecule has 0 spiro atoms. The van der Waals surface area contributed by atoms with Crippen LogP contribution in [0, 0.1) is 0 Å². The van der Waals surface area contributed by atoms with Crippen molar-refractivity contribution < 1.29 is 24.2 Å². The first-order valence-electron chi connectivity index (χ1n) is 7.25. The third-order valence-electron chi connectivity index (χ3n) is 3.10. The molecule has 7 heteroatoms. The van der Waals surface area contributed by atoms with E-state index in [1.54, 1.807) is 42.5 Å². The van der Waals surface area contributed by atoms with Crippen LogP contribution in [0.5, 0.6) is 5.75 Å². The summed E-state index contributed by atoms with van der Waals surface area (Å²) in [5, 5.41) is 13.7. The van der Waals surface area contributed by atoms with Crippen molar-refractivity contribution in [3.8, 4) is 5.75 Å². The Morgan fingerprint density at radius 2 is 1.64 bits per heavy atom. The lowest BCUT2D eigenvalue weighted by Gasteiger charge is -2.08. The van der Waals surface area contributed by atoms with E-state index in [9.17, 15) is 14.4 Å². The molecular weight excluding hydrogens is 324 g/mol. The molecule has 0 aliphatic rings. The van der Waals surface area contributed by atoms with Gasteiger partial charge in [-0.15, -0.1) is 0 Å². The second-order valence-corrected chi connectivity index (χ2v) is 4.93. The Bertz CT molecular complexity index is 830. The Hall–Kier alpha value is -3.61. The van der Waals surface area contributed by atoms with Gasteiger partial charge in [0.25, 0.3) is 5.91 Å². The molecule has 0 heterocycles. The average molecular weight is 340 g/mol. The predicted octanol–water partition coefficient (Wildman–Crippen LogP) is 2.53. The number of hydrogen-bond donors (Lipinski definition) is 3. The number of amides is 2. The number of hydrogen-bond acceptors (Lipinski definition) is 4. The first-order chi connectivity index (χ1) is 12.0. The number of ether oxygens (including phenoxy) is 1. The normalized spacial score (nSPS) is 10.3. The molecule has 0 saturated heterocycles. The molecule has 2 aromatic rings. The van der Waals surface area contributed by atoms with E-state index < -0.39 is 11.9 Å². The Balaban J connectivity index is 2.08. The van der Waals surface area contributed by atoms with Crippen LogP contribution in [0.2, 0.25) is 0 Å². The van der Waals surface area contributed by atoms with Crippen molar-refractivity contribution in [1.82, 2.24) is 0 Å². The number of carboxylic acids is 1. The molecule has 3 N–H and O–H groups in total. The summed E-state index contributed by atoms with van der Waals surface area (Å²) in [7, 11) is 1.53. The van der Waals surface area contributed by atoms with Gasteiger partial charge in [0, 0.05) is 35.2 Å². The van der Waals surface area contributed by atoms with Crippen LogP contribution in [0.4, 0.5) is 11.4 Å². The molecule has 0 radical (unpaired) electrons. The molecule has 0 aromatic heterocycles. The summed E-state index contributed by atoms with van der Waals surface area (Å²) in [6.07, 6.45) is 1.63. The van der Waals surface area contributed by atoms with E-state index >= 15 is 0 Å². The lowest BCUT2D eigenvalue weighted by Crippen LogP contribution is -2.13. The van der Waals surface area contributed by atoms with Crippen molar-refractivity contribution in [1.29, 1.82) is 0 Å². The fourth-order valence-corrected chi connectivity index (χ4v) is 1.97. The van der Waals surface area contributed by atoms with Gasteiger partial charge >= 0.3 is 5.97 Å². The molecule has 0 aliphatic carbocycles. The first kappa shape index (κ1) is 17.7. The Morgan fingerprint density at radius 1 is 0.960 bits per heavy atom. The number of rotatable bonds is 6. The highest BCUT2D eigenvalue weighted by Crippen LogP contribution is 2.18. The van der Waals surface area contributed by atoms with E-state index in [0.29, 0.717) is 22.7 Å². The Labute approximate surface area is 143 Å². The summed E-state index contributed by atoms with van der Waals surface area (Å²) in [5.74, 6) is -1.57. The molecular formula is C18H16N2O5. The van der Waals surface area contributed by atoms with Crippen LogP contribution in [-0.4, -0.2) is 30.0 Å². The molecule has 2 aromatic carbocycles. The molecule has 0 unspecified atom stereocenters. The molecule has 0 bridgehead atoms. The lowest BCUT2D eigenvalue weighted by molar-refractivity contribution is -0.131. The zero-order chi connectivity index (χ0) is 18.2. The van der Waals surface area contributed by atoms with E-state index in [-0.39, 0.29) is 5.91 Å². The second kappa shape index (κ2) is 8.30. The summed E-state index contributed by atoms with van der Waals surface area (Å²) in [4.78, 5) is 34.3. The molecule has 2 amide bonds. The highest BCUT2D eigenvalue weighted by molar-refractivity contribution is 6.06. The molecule has 0 atom stereocenters. The van der Waals surface area contributed by atoms with E-state index in [1.807, 2.05) is 0 Å². The number of aliphatic carboxylic acids is 1. The maximum absolute atomic E-state index is 12.3. The largest absolute Gasteiger partial charge is 0.497 e. The van der Waals surface area contributed by atoms with Crippen molar-refractivity contribution in [3.63, 3.8) is 0 Å². The predicted molar refractivity (Wildman–Crippen MR) is 92.8 cm³/mol. The number of carbonyl (C=O) groups is 3. The molecule has 0 fully saturated rings. The van der Waals surface area contributed by atoms with Gasteiger partial charge < -0.3 is 20.5 Å². The number of carbonyl (C=O) groups excluding carboxylic acids is 2. The van der Waals surface area contributed by atoms with Gasteiger partial charge in [-0.2, -0.15) is 0 Å². The minimum Gasteiger partial charge on any atom is -0.497 e. The fraction of sp³-hybridized carbons (Fsp3) is 0.0556. The summed E-state index contributed by atoms with van der Waals surface area (Å²) < 4.78 is 5.10. The van der Waals surface area contributed by atoms with Crippen molar-refractivity contribution in [2.75, 3.05) is 17.7 Å². The van der Waals surface area contributed by atoms with Crippen LogP contribution in [0.1, 0.15) is 10.4 Å². The summed E-state index contributed by atoms with van der Waals surface area (Å²) in [5.41, 5.74) is 1.28. The van der Waals surface area contributed by atoms with Crippen molar-refractivity contribution in [2.24, 2.45) is 0 Å². The van der Waals surface area contributed by atoms with Gasteiger partial charge in [-0.3, -0.25) is 9.59 Å². The highest BCUT2D eigenvalue weighted by atomic mass is 16.5. The Morgan fingerprint density at radius 3 is 2.32 bits per heavy atom. The summed E-state index contributed by atoms with van der Waals surface area (Å²) in [6.45, 7) is 0.